The summed E-state index contributed by atoms with van der Waals surface area (Å²) in [6.07, 6.45) is -3.93. The number of benzene rings is 2. The van der Waals surface area contributed by atoms with Gasteiger partial charge < -0.3 is 39.5 Å². The van der Waals surface area contributed by atoms with Crippen molar-refractivity contribution in [3.8, 4) is 5.75 Å². The number of aliphatic hydroxyl groups excluding tert-OH is 3. The topological polar surface area (TPSA) is 129 Å². The minimum atomic E-state index is -1.77. The fourth-order valence-corrected chi connectivity index (χ4v) is 5.65. The van der Waals surface area contributed by atoms with E-state index in [0.29, 0.717) is 17.8 Å². The molecule has 2 bridgehead atoms. The van der Waals surface area contributed by atoms with E-state index in [1.54, 1.807) is 12.1 Å². The van der Waals surface area contributed by atoms with E-state index in [9.17, 15) is 25.2 Å². The standard InChI is InChI=1S/C27H33NO8/c1-28-17-9-10-18(28)14-20(13-17)34-24(15-5-3-2-4-6-15)16-7-11-19(12-8-16)35-27-23(31)21(29)22(30)25(36-27)26(32)33/h2-8,11-12,17-18,20-25,27,29-31H,9-10,13-14H2,1H3,(H,32,33)/t17-,18+,20?,21-,22-,23+,24?,25?,27+/m0/s1. The van der Waals surface area contributed by atoms with E-state index < -0.39 is 36.7 Å². The van der Waals surface area contributed by atoms with Crippen molar-refractivity contribution < 1.29 is 39.4 Å². The summed E-state index contributed by atoms with van der Waals surface area (Å²) in [7, 11) is 2.21. The molecular formula is C27H33NO8. The number of hydrogen-bond acceptors (Lipinski definition) is 8. The van der Waals surface area contributed by atoms with Crippen molar-refractivity contribution in [2.75, 3.05) is 7.05 Å². The van der Waals surface area contributed by atoms with E-state index in [0.717, 1.165) is 24.0 Å². The number of carboxylic acid groups (broad SMARTS) is 1. The molecule has 0 radical (unpaired) electrons. The molecule has 9 nitrogen and oxygen atoms in total. The smallest absolute Gasteiger partial charge is 0.335 e. The summed E-state index contributed by atoms with van der Waals surface area (Å²) in [4.78, 5) is 13.8. The lowest BCUT2D eigenvalue weighted by Crippen LogP contribution is -2.61. The third kappa shape index (κ3) is 5.00. The molecule has 5 rings (SSSR count). The molecular weight excluding hydrogens is 466 g/mol. The van der Waals surface area contributed by atoms with Crippen LogP contribution in [0.2, 0.25) is 0 Å². The van der Waals surface area contributed by atoms with Crippen molar-refractivity contribution in [2.24, 2.45) is 0 Å². The number of ether oxygens (including phenoxy) is 3. The van der Waals surface area contributed by atoms with Gasteiger partial charge in [-0.3, -0.25) is 0 Å². The Morgan fingerprint density at radius 1 is 0.917 bits per heavy atom. The SMILES string of the molecule is CN1[C@@H]2CC[C@H]1CC(OC(c1ccccc1)c1ccc(O[C@@H]3OC(C(=O)O)[C@@H](O)[C@H](O)[C@H]3O)cc1)C2. The summed E-state index contributed by atoms with van der Waals surface area (Å²) in [5.41, 5.74) is 1.98. The molecule has 36 heavy (non-hydrogen) atoms. The third-order valence-electron chi connectivity index (χ3n) is 7.73. The second kappa shape index (κ2) is 10.5. The molecule has 9 heteroatoms. The van der Waals surface area contributed by atoms with Gasteiger partial charge in [-0.15, -0.1) is 0 Å². The molecule has 9 atom stereocenters. The number of piperidine rings is 1. The number of hydrogen-bond donors (Lipinski definition) is 4. The number of aliphatic carboxylic acids is 1. The molecule has 3 aliphatic rings. The minimum Gasteiger partial charge on any atom is -0.479 e. The van der Waals surface area contributed by atoms with Gasteiger partial charge in [0.15, 0.2) is 6.10 Å². The number of fused-ring (bicyclic) bond motifs is 2. The second-order valence-corrected chi connectivity index (χ2v) is 9.99. The predicted octanol–water partition coefficient (Wildman–Crippen LogP) is 1.69. The van der Waals surface area contributed by atoms with Gasteiger partial charge >= 0.3 is 5.97 Å². The normalized spacial score (nSPS) is 35.3. The maximum atomic E-state index is 11.3. The molecule has 2 aromatic carbocycles. The van der Waals surface area contributed by atoms with Gasteiger partial charge in [0.2, 0.25) is 6.29 Å². The van der Waals surface area contributed by atoms with Crippen molar-refractivity contribution in [1.82, 2.24) is 4.90 Å². The van der Waals surface area contributed by atoms with Gasteiger partial charge in [0.05, 0.1) is 6.10 Å². The lowest BCUT2D eigenvalue weighted by Gasteiger charge is -2.38. The van der Waals surface area contributed by atoms with E-state index in [4.69, 9.17) is 14.2 Å². The summed E-state index contributed by atoms with van der Waals surface area (Å²) >= 11 is 0. The fourth-order valence-electron chi connectivity index (χ4n) is 5.65. The van der Waals surface area contributed by atoms with Gasteiger partial charge in [0.1, 0.15) is 30.2 Å². The number of nitrogens with zero attached hydrogens (tertiary/aromatic N) is 1. The number of carboxylic acids is 1. The van der Waals surface area contributed by atoms with Gasteiger partial charge in [0.25, 0.3) is 0 Å². The van der Waals surface area contributed by atoms with Crippen molar-refractivity contribution in [3.05, 3.63) is 65.7 Å². The molecule has 4 N–H and O–H groups in total. The molecule has 3 aliphatic heterocycles. The van der Waals surface area contributed by atoms with Crippen LogP contribution in [0.5, 0.6) is 5.75 Å². The lowest BCUT2D eigenvalue weighted by atomic mass is 9.97. The van der Waals surface area contributed by atoms with Crippen LogP contribution in [-0.2, 0) is 14.3 Å². The molecule has 0 aromatic heterocycles. The van der Waals surface area contributed by atoms with Crippen LogP contribution in [0.15, 0.2) is 54.6 Å². The Labute approximate surface area is 209 Å². The maximum Gasteiger partial charge on any atom is 0.335 e. The molecule has 0 spiro atoms. The second-order valence-electron chi connectivity index (χ2n) is 9.99. The number of rotatable bonds is 7. The van der Waals surface area contributed by atoms with E-state index in [1.165, 1.54) is 12.8 Å². The van der Waals surface area contributed by atoms with Gasteiger partial charge in [-0.25, -0.2) is 4.79 Å². The molecule has 3 saturated heterocycles. The largest absolute Gasteiger partial charge is 0.479 e. The molecule has 3 unspecified atom stereocenters. The first-order valence-corrected chi connectivity index (χ1v) is 12.4. The number of carbonyl (C=O) groups is 1. The first-order chi connectivity index (χ1) is 17.3. The molecule has 2 aromatic rings. The van der Waals surface area contributed by atoms with Gasteiger partial charge in [-0.2, -0.15) is 0 Å². The van der Waals surface area contributed by atoms with Crippen LogP contribution in [0.4, 0.5) is 0 Å². The molecule has 3 fully saturated rings. The quantitative estimate of drug-likeness (QED) is 0.450. The van der Waals surface area contributed by atoms with Crippen molar-refractivity contribution in [1.29, 1.82) is 0 Å². The Morgan fingerprint density at radius 2 is 1.53 bits per heavy atom. The highest BCUT2D eigenvalue weighted by Gasteiger charge is 2.48. The monoisotopic (exact) mass is 499 g/mol. The van der Waals surface area contributed by atoms with Crippen LogP contribution >= 0.6 is 0 Å². The van der Waals surface area contributed by atoms with Crippen molar-refractivity contribution in [3.63, 3.8) is 0 Å². The Bertz CT molecular complexity index is 1020. The first kappa shape index (κ1) is 25.1. The predicted molar refractivity (Wildman–Crippen MR) is 128 cm³/mol. The Kier molecular flexibility index (Phi) is 7.30. The van der Waals surface area contributed by atoms with Crippen LogP contribution < -0.4 is 4.74 Å². The van der Waals surface area contributed by atoms with Crippen LogP contribution in [0.1, 0.15) is 42.9 Å². The maximum absolute atomic E-state index is 11.3. The van der Waals surface area contributed by atoms with Crippen LogP contribution in [-0.4, -0.2) is 87.2 Å². The summed E-state index contributed by atoms with van der Waals surface area (Å²) in [6, 6.07) is 18.3. The highest BCUT2D eigenvalue weighted by atomic mass is 16.7. The van der Waals surface area contributed by atoms with E-state index in [-0.39, 0.29) is 12.2 Å². The summed E-state index contributed by atoms with van der Waals surface area (Å²) in [5, 5.41) is 39.4. The van der Waals surface area contributed by atoms with Gasteiger partial charge in [-0.1, -0.05) is 42.5 Å². The molecule has 0 aliphatic carbocycles. The van der Waals surface area contributed by atoms with Crippen molar-refractivity contribution >= 4 is 5.97 Å². The zero-order chi connectivity index (χ0) is 25.4. The summed E-state index contributed by atoms with van der Waals surface area (Å²) in [6.45, 7) is 0. The minimum absolute atomic E-state index is 0.159. The van der Waals surface area contributed by atoms with E-state index in [1.807, 2.05) is 42.5 Å². The Balaban J connectivity index is 1.32. The van der Waals surface area contributed by atoms with Gasteiger partial charge in [0, 0.05) is 12.1 Å². The molecule has 194 valence electrons. The first-order valence-electron chi connectivity index (χ1n) is 12.4. The van der Waals surface area contributed by atoms with Crippen LogP contribution in [0.3, 0.4) is 0 Å². The fraction of sp³-hybridized carbons (Fsp3) is 0.519. The number of aliphatic hydroxyl groups is 3. The molecule has 0 saturated carbocycles. The van der Waals surface area contributed by atoms with Gasteiger partial charge in [-0.05, 0) is 56.0 Å². The highest BCUT2D eigenvalue weighted by Crippen LogP contribution is 2.39. The lowest BCUT2D eigenvalue weighted by molar-refractivity contribution is -0.271. The summed E-state index contributed by atoms with van der Waals surface area (Å²) < 4.78 is 17.6. The Morgan fingerprint density at radius 3 is 2.14 bits per heavy atom. The van der Waals surface area contributed by atoms with Crippen LogP contribution in [0, 0.1) is 0 Å². The van der Waals surface area contributed by atoms with Crippen LogP contribution in [0.25, 0.3) is 0 Å². The molecule has 3 heterocycles. The Hall–Kier alpha value is -2.53. The molecule has 0 amide bonds. The third-order valence-corrected chi connectivity index (χ3v) is 7.73. The summed E-state index contributed by atoms with van der Waals surface area (Å²) in [5.74, 6) is -1.14. The average Bonchev–Trinajstić information content (AvgIpc) is 3.08. The zero-order valence-electron chi connectivity index (χ0n) is 20.1. The highest BCUT2D eigenvalue weighted by molar-refractivity contribution is 5.73. The van der Waals surface area contributed by atoms with E-state index >= 15 is 0 Å². The zero-order valence-corrected chi connectivity index (χ0v) is 20.1. The van der Waals surface area contributed by atoms with E-state index in [2.05, 4.69) is 11.9 Å². The average molecular weight is 500 g/mol. The van der Waals surface area contributed by atoms with Crippen molar-refractivity contribution in [2.45, 2.75) is 80.7 Å².